The van der Waals surface area contributed by atoms with E-state index in [2.05, 4.69) is 31.2 Å². The van der Waals surface area contributed by atoms with Crippen LogP contribution in [0.3, 0.4) is 0 Å². The number of benzene rings is 2. The highest BCUT2D eigenvalue weighted by molar-refractivity contribution is 7.89. The second-order valence-electron chi connectivity index (χ2n) is 7.12. The monoisotopic (exact) mass is 372 g/mol. The first-order valence-corrected chi connectivity index (χ1v) is 10.2. The van der Waals surface area contributed by atoms with Gasteiger partial charge in [-0.05, 0) is 50.5 Å². The van der Waals surface area contributed by atoms with Crippen LogP contribution in [0.15, 0.2) is 47.4 Å². The number of carbonyl (C=O) groups excluding carboxylic acids is 1. The minimum absolute atomic E-state index is 0.00489. The Morgan fingerprint density at radius 3 is 2.38 bits per heavy atom. The molecular weight excluding hydrogens is 348 g/mol. The normalized spacial score (nSPS) is 20.4. The van der Waals surface area contributed by atoms with E-state index in [0.717, 1.165) is 6.42 Å². The second kappa shape index (κ2) is 6.85. The Hall–Kier alpha value is -2.18. The number of nitrogens with zero attached hydrogens (tertiary/aromatic N) is 1. The quantitative estimate of drug-likeness (QED) is 0.899. The van der Waals surface area contributed by atoms with Crippen LogP contribution in [0.2, 0.25) is 0 Å². The van der Waals surface area contributed by atoms with Gasteiger partial charge < -0.3 is 4.90 Å². The Morgan fingerprint density at radius 1 is 1.12 bits per heavy atom. The molecule has 0 bridgehead atoms. The van der Waals surface area contributed by atoms with Crippen LogP contribution in [-0.2, 0) is 10.0 Å². The van der Waals surface area contributed by atoms with Crippen molar-refractivity contribution in [2.24, 2.45) is 5.14 Å². The minimum Gasteiger partial charge on any atom is -0.335 e. The topological polar surface area (TPSA) is 80.5 Å². The van der Waals surface area contributed by atoms with Crippen molar-refractivity contribution >= 4 is 15.9 Å². The summed E-state index contributed by atoms with van der Waals surface area (Å²) < 4.78 is 23.5. The number of nitrogens with two attached hydrogens (primary N) is 1. The van der Waals surface area contributed by atoms with Gasteiger partial charge in [0.05, 0.1) is 4.90 Å². The van der Waals surface area contributed by atoms with Crippen molar-refractivity contribution < 1.29 is 13.2 Å². The van der Waals surface area contributed by atoms with Crippen LogP contribution in [0.4, 0.5) is 0 Å². The summed E-state index contributed by atoms with van der Waals surface area (Å²) in [5.74, 6) is 0.145. The van der Waals surface area contributed by atoms with E-state index in [4.69, 9.17) is 5.14 Å². The summed E-state index contributed by atoms with van der Waals surface area (Å²) in [7, 11) is -3.86. The summed E-state index contributed by atoms with van der Waals surface area (Å²) in [6, 6.07) is 13.2. The highest BCUT2D eigenvalue weighted by Crippen LogP contribution is 2.33. The molecule has 2 unspecified atom stereocenters. The maximum atomic E-state index is 13.1. The average molecular weight is 372 g/mol. The molecule has 138 valence electrons. The molecule has 6 heteroatoms. The van der Waals surface area contributed by atoms with Gasteiger partial charge >= 0.3 is 0 Å². The number of hydrogen-bond acceptors (Lipinski definition) is 3. The van der Waals surface area contributed by atoms with E-state index in [1.807, 2.05) is 11.8 Å². The fraction of sp³-hybridized carbons (Fsp3) is 0.350. The maximum Gasteiger partial charge on any atom is 0.254 e. The van der Waals surface area contributed by atoms with Crippen LogP contribution in [0.5, 0.6) is 0 Å². The number of sulfonamides is 1. The molecule has 1 heterocycles. The molecule has 0 saturated carbocycles. The SMILES string of the molecule is Cc1ccc(C2CC(C)N(C(=O)c3cccc(S(N)(=O)=O)c3C)C2)cc1. The fourth-order valence-electron chi connectivity index (χ4n) is 3.70. The Balaban J connectivity index is 1.88. The van der Waals surface area contributed by atoms with E-state index >= 15 is 0 Å². The van der Waals surface area contributed by atoms with E-state index < -0.39 is 10.0 Å². The van der Waals surface area contributed by atoms with Crippen molar-refractivity contribution in [3.63, 3.8) is 0 Å². The van der Waals surface area contributed by atoms with Gasteiger partial charge in [0.2, 0.25) is 10.0 Å². The van der Waals surface area contributed by atoms with E-state index in [9.17, 15) is 13.2 Å². The lowest BCUT2D eigenvalue weighted by atomic mass is 9.96. The van der Waals surface area contributed by atoms with E-state index in [1.165, 1.54) is 17.2 Å². The lowest BCUT2D eigenvalue weighted by molar-refractivity contribution is 0.0745. The third-order valence-corrected chi connectivity index (χ3v) is 6.26. The molecule has 0 aliphatic carbocycles. The Kier molecular flexibility index (Phi) is 4.90. The van der Waals surface area contributed by atoms with Gasteiger partial charge in [0, 0.05) is 24.1 Å². The molecular formula is C20H24N2O3S. The van der Waals surface area contributed by atoms with Gasteiger partial charge in [0.15, 0.2) is 0 Å². The van der Waals surface area contributed by atoms with Gasteiger partial charge in [0.1, 0.15) is 0 Å². The summed E-state index contributed by atoms with van der Waals surface area (Å²) in [6.45, 7) is 6.34. The van der Waals surface area contributed by atoms with Gasteiger partial charge in [-0.1, -0.05) is 35.9 Å². The van der Waals surface area contributed by atoms with Crippen molar-refractivity contribution in [1.82, 2.24) is 4.90 Å². The third-order valence-electron chi connectivity index (χ3n) is 5.21. The van der Waals surface area contributed by atoms with Crippen LogP contribution in [0.1, 0.15) is 46.3 Å². The van der Waals surface area contributed by atoms with E-state index in [1.54, 1.807) is 19.1 Å². The molecule has 3 rings (SSSR count). The first kappa shape index (κ1) is 18.6. The molecule has 1 fully saturated rings. The summed E-state index contributed by atoms with van der Waals surface area (Å²) in [5, 5.41) is 5.26. The van der Waals surface area contributed by atoms with Crippen LogP contribution in [0.25, 0.3) is 0 Å². The lowest BCUT2D eigenvalue weighted by Crippen LogP contribution is -2.34. The highest BCUT2D eigenvalue weighted by Gasteiger charge is 2.34. The standard InChI is InChI=1S/C20H24N2O3S/c1-13-7-9-16(10-8-13)17-11-14(2)22(12-17)20(23)18-5-4-6-19(15(18)3)26(21,24)25/h4-10,14,17H,11-12H2,1-3H3,(H2,21,24,25). The number of likely N-dealkylation sites (tertiary alicyclic amines) is 1. The van der Waals surface area contributed by atoms with Gasteiger partial charge in [-0.25, -0.2) is 13.6 Å². The molecule has 2 aromatic rings. The second-order valence-corrected chi connectivity index (χ2v) is 8.65. The van der Waals surface area contributed by atoms with Gasteiger partial charge in [-0.2, -0.15) is 0 Å². The molecule has 1 saturated heterocycles. The molecule has 0 aromatic heterocycles. The van der Waals surface area contributed by atoms with Crippen molar-refractivity contribution in [1.29, 1.82) is 0 Å². The van der Waals surface area contributed by atoms with Gasteiger partial charge in [-0.3, -0.25) is 4.79 Å². The van der Waals surface area contributed by atoms with Crippen LogP contribution in [0, 0.1) is 13.8 Å². The third kappa shape index (κ3) is 3.52. The number of aryl methyl sites for hydroxylation is 1. The number of hydrogen-bond donors (Lipinski definition) is 1. The minimum atomic E-state index is -3.86. The maximum absolute atomic E-state index is 13.1. The zero-order chi connectivity index (χ0) is 19.1. The van der Waals surface area contributed by atoms with Crippen LogP contribution in [-0.4, -0.2) is 31.8 Å². The zero-order valence-corrected chi connectivity index (χ0v) is 16.1. The molecule has 1 aliphatic rings. The molecule has 2 atom stereocenters. The molecule has 1 aliphatic heterocycles. The summed E-state index contributed by atoms with van der Waals surface area (Å²) in [6.07, 6.45) is 0.892. The lowest BCUT2D eigenvalue weighted by Gasteiger charge is -2.23. The summed E-state index contributed by atoms with van der Waals surface area (Å²) in [4.78, 5) is 14.9. The van der Waals surface area contributed by atoms with Crippen LogP contribution < -0.4 is 5.14 Å². The van der Waals surface area contributed by atoms with Gasteiger partial charge in [0.25, 0.3) is 5.91 Å². The molecule has 0 spiro atoms. The smallest absolute Gasteiger partial charge is 0.254 e. The molecule has 26 heavy (non-hydrogen) atoms. The first-order valence-electron chi connectivity index (χ1n) is 8.68. The highest BCUT2D eigenvalue weighted by atomic mass is 32.2. The molecule has 0 radical (unpaired) electrons. The fourth-order valence-corrected chi connectivity index (χ4v) is 4.51. The summed E-state index contributed by atoms with van der Waals surface area (Å²) in [5.41, 5.74) is 3.25. The van der Waals surface area contributed by atoms with Crippen molar-refractivity contribution in [2.45, 2.75) is 44.0 Å². The molecule has 2 aromatic carbocycles. The van der Waals surface area contributed by atoms with E-state index in [0.29, 0.717) is 17.7 Å². The number of amides is 1. The molecule has 1 amide bonds. The number of primary sulfonamides is 1. The van der Waals surface area contributed by atoms with Crippen molar-refractivity contribution in [2.75, 3.05) is 6.54 Å². The Labute approximate surface area is 154 Å². The van der Waals surface area contributed by atoms with Crippen LogP contribution >= 0.6 is 0 Å². The predicted octanol–water partition coefficient (Wildman–Crippen LogP) is 2.97. The summed E-state index contributed by atoms with van der Waals surface area (Å²) >= 11 is 0. The Bertz CT molecular complexity index is 936. The predicted molar refractivity (Wildman–Crippen MR) is 102 cm³/mol. The number of rotatable bonds is 3. The van der Waals surface area contributed by atoms with E-state index in [-0.39, 0.29) is 22.8 Å². The van der Waals surface area contributed by atoms with Crippen molar-refractivity contribution in [3.8, 4) is 0 Å². The Morgan fingerprint density at radius 2 is 1.77 bits per heavy atom. The van der Waals surface area contributed by atoms with Gasteiger partial charge in [-0.15, -0.1) is 0 Å². The molecule has 2 N–H and O–H groups in total. The van der Waals surface area contributed by atoms with Crippen molar-refractivity contribution in [3.05, 3.63) is 64.7 Å². The number of carbonyl (C=O) groups is 1. The first-order chi connectivity index (χ1) is 12.2. The largest absolute Gasteiger partial charge is 0.335 e. The average Bonchev–Trinajstić information content (AvgIpc) is 2.96. The zero-order valence-electron chi connectivity index (χ0n) is 15.3. The molecule has 5 nitrogen and oxygen atoms in total.